The Kier molecular flexibility index (Phi) is 3.76. The molecule has 1 saturated carbocycles. The number of nitrogens with zero attached hydrogens (tertiary/aromatic N) is 2. The molecule has 0 radical (unpaired) electrons. The first-order valence-electron chi connectivity index (χ1n) is 7.43. The highest BCUT2D eigenvalue weighted by atomic mass is 16.3. The van der Waals surface area contributed by atoms with Crippen LogP contribution in [0.1, 0.15) is 31.4 Å². The normalized spacial score (nSPS) is 18.1. The number of pyridine rings is 1. The number of H-pyrrole nitrogens is 1. The molecule has 0 atom stereocenters. The fourth-order valence-electron chi connectivity index (χ4n) is 3.46. The molecule has 0 saturated heterocycles. The second-order valence-electron chi connectivity index (χ2n) is 6.26. The summed E-state index contributed by atoms with van der Waals surface area (Å²) in [5.74, 6) is 0. The molecule has 2 aromatic heterocycles. The van der Waals surface area contributed by atoms with Gasteiger partial charge in [0.2, 0.25) is 0 Å². The van der Waals surface area contributed by atoms with Crippen molar-refractivity contribution in [3.63, 3.8) is 0 Å². The second kappa shape index (κ2) is 5.54. The summed E-state index contributed by atoms with van der Waals surface area (Å²) in [4.78, 5) is 10.1. The second-order valence-corrected chi connectivity index (χ2v) is 6.26. The van der Waals surface area contributed by atoms with Gasteiger partial charge in [-0.2, -0.15) is 0 Å². The van der Waals surface area contributed by atoms with Gasteiger partial charge in [-0.15, -0.1) is 0 Å². The Labute approximate surface area is 119 Å². The molecule has 0 aromatic carbocycles. The highest BCUT2D eigenvalue weighted by Crippen LogP contribution is 2.38. The third-order valence-corrected chi connectivity index (χ3v) is 4.50. The first-order valence-corrected chi connectivity index (χ1v) is 7.43. The Bertz CT molecular complexity index is 572. The third-order valence-electron chi connectivity index (χ3n) is 4.50. The van der Waals surface area contributed by atoms with Crippen LogP contribution in [0.5, 0.6) is 0 Å². The van der Waals surface area contributed by atoms with Crippen LogP contribution in [0.4, 0.5) is 0 Å². The van der Waals surface area contributed by atoms with Crippen LogP contribution >= 0.6 is 0 Å². The molecule has 20 heavy (non-hydrogen) atoms. The molecule has 0 amide bonds. The molecule has 1 fully saturated rings. The minimum atomic E-state index is 0.116. The SMILES string of the molecule is CN(Cc1ccc2cc[nH]c2n1)CC1(CO)CCCC1. The fraction of sp³-hybridized carbons (Fsp3) is 0.562. The summed E-state index contributed by atoms with van der Waals surface area (Å²) in [6, 6.07) is 6.24. The molecule has 1 aliphatic rings. The summed E-state index contributed by atoms with van der Waals surface area (Å²) in [5, 5.41) is 10.8. The molecule has 2 heterocycles. The average molecular weight is 273 g/mol. The number of aliphatic hydroxyl groups is 1. The van der Waals surface area contributed by atoms with Crippen LogP contribution in [0.25, 0.3) is 11.0 Å². The van der Waals surface area contributed by atoms with E-state index in [1.807, 2.05) is 12.3 Å². The lowest BCUT2D eigenvalue weighted by Crippen LogP contribution is -2.36. The van der Waals surface area contributed by atoms with Gasteiger partial charge >= 0.3 is 0 Å². The Hall–Kier alpha value is -1.39. The summed E-state index contributed by atoms with van der Waals surface area (Å²) in [6.45, 7) is 2.09. The van der Waals surface area contributed by atoms with Crippen molar-refractivity contribution in [2.75, 3.05) is 20.2 Å². The third kappa shape index (κ3) is 2.72. The summed E-state index contributed by atoms with van der Waals surface area (Å²) < 4.78 is 0. The lowest BCUT2D eigenvalue weighted by molar-refractivity contribution is 0.0859. The first kappa shape index (κ1) is 13.6. The van der Waals surface area contributed by atoms with Crippen molar-refractivity contribution in [3.8, 4) is 0 Å². The number of fused-ring (bicyclic) bond motifs is 1. The molecule has 2 N–H and O–H groups in total. The zero-order chi connectivity index (χ0) is 14.0. The van der Waals surface area contributed by atoms with E-state index in [2.05, 4.69) is 34.0 Å². The van der Waals surface area contributed by atoms with Crippen molar-refractivity contribution in [2.45, 2.75) is 32.2 Å². The minimum absolute atomic E-state index is 0.116. The molecule has 0 unspecified atom stereocenters. The van der Waals surface area contributed by atoms with E-state index in [4.69, 9.17) is 0 Å². The van der Waals surface area contributed by atoms with Gasteiger partial charge in [0.05, 0.1) is 5.69 Å². The lowest BCUT2D eigenvalue weighted by Gasteiger charge is -2.31. The topological polar surface area (TPSA) is 52.2 Å². The van der Waals surface area contributed by atoms with Gasteiger partial charge in [0.15, 0.2) is 0 Å². The quantitative estimate of drug-likeness (QED) is 0.880. The van der Waals surface area contributed by atoms with E-state index in [1.54, 1.807) is 0 Å². The number of aromatic amines is 1. The van der Waals surface area contributed by atoms with Crippen LogP contribution in [0, 0.1) is 5.41 Å². The van der Waals surface area contributed by atoms with Gasteiger partial charge in [0.25, 0.3) is 0 Å². The number of rotatable bonds is 5. The highest BCUT2D eigenvalue weighted by Gasteiger charge is 2.34. The van der Waals surface area contributed by atoms with Crippen LogP contribution < -0.4 is 0 Å². The van der Waals surface area contributed by atoms with Gasteiger partial charge < -0.3 is 10.1 Å². The van der Waals surface area contributed by atoms with Crippen molar-refractivity contribution in [2.24, 2.45) is 5.41 Å². The van der Waals surface area contributed by atoms with Crippen LogP contribution in [0.2, 0.25) is 0 Å². The molecule has 4 heteroatoms. The van der Waals surface area contributed by atoms with Gasteiger partial charge in [0, 0.05) is 36.7 Å². The number of hydrogen-bond donors (Lipinski definition) is 2. The predicted octanol–water partition coefficient (Wildman–Crippen LogP) is 2.55. The Morgan fingerprint density at radius 2 is 2.10 bits per heavy atom. The summed E-state index contributed by atoms with van der Waals surface area (Å²) in [5.41, 5.74) is 2.15. The van der Waals surface area contributed by atoms with Crippen LogP contribution in [-0.2, 0) is 6.54 Å². The average Bonchev–Trinajstić information content (AvgIpc) is 3.07. The predicted molar refractivity (Wildman–Crippen MR) is 80.4 cm³/mol. The van der Waals surface area contributed by atoms with Gasteiger partial charge in [-0.25, -0.2) is 4.98 Å². The summed E-state index contributed by atoms with van der Waals surface area (Å²) in [6.07, 6.45) is 6.72. The highest BCUT2D eigenvalue weighted by molar-refractivity contribution is 5.75. The molecule has 108 valence electrons. The van der Waals surface area contributed by atoms with Gasteiger partial charge in [0.1, 0.15) is 5.65 Å². The van der Waals surface area contributed by atoms with E-state index in [1.165, 1.54) is 12.8 Å². The van der Waals surface area contributed by atoms with E-state index in [0.29, 0.717) is 6.61 Å². The zero-order valence-electron chi connectivity index (χ0n) is 12.1. The van der Waals surface area contributed by atoms with Crippen LogP contribution in [0.3, 0.4) is 0 Å². The number of nitrogens with one attached hydrogen (secondary N) is 1. The molecular weight excluding hydrogens is 250 g/mol. The molecule has 4 nitrogen and oxygen atoms in total. The minimum Gasteiger partial charge on any atom is -0.396 e. The maximum atomic E-state index is 9.70. The Morgan fingerprint density at radius 1 is 1.30 bits per heavy atom. The molecule has 1 aliphatic carbocycles. The van der Waals surface area contributed by atoms with E-state index in [-0.39, 0.29) is 5.41 Å². The Balaban J connectivity index is 1.67. The molecule has 0 spiro atoms. The smallest absolute Gasteiger partial charge is 0.137 e. The summed E-state index contributed by atoms with van der Waals surface area (Å²) in [7, 11) is 2.12. The van der Waals surface area contributed by atoms with E-state index in [0.717, 1.165) is 42.7 Å². The number of aromatic nitrogens is 2. The van der Waals surface area contributed by atoms with Gasteiger partial charge in [-0.05, 0) is 38.1 Å². The van der Waals surface area contributed by atoms with Gasteiger partial charge in [-0.3, -0.25) is 4.90 Å². The van der Waals surface area contributed by atoms with Crippen LogP contribution in [0.15, 0.2) is 24.4 Å². The maximum absolute atomic E-state index is 9.70. The van der Waals surface area contributed by atoms with E-state index >= 15 is 0 Å². The van der Waals surface area contributed by atoms with Gasteiger partial charge in [-0.1, -0.05) is 12.8 Å². The molecular formula is C16H23N3O. The number of hydrogen-bond acceptors (Lipinski definition) is 3. The molecule has 0 bridgehead atoms. The van der Waals surface area contributed by atoms with E-state index < -0.39 is 0 Å². The molecule has 0 aliphatic heterocycles. The van der Waals surface area contributed by atoms with E-state index in [9.17, 15) is 5.11 Å². The largest absolute Gasteiger partial charge is 0.396 e. The maximum Gasteiger partial charge on any atom is 0.137 e. The zero-order valence-corrected chi connectivity index (χ0v) is 12.1. The standard InChI is InChI=1S/C16H23N3O/c1-19(11-16(12-20)7-2-3-8-16)10-14-5-4-13-6-9-17-15(13)18-14/h4-6,9,20H,2-3,7-8,10-12H2,1H3,(H,17,18). The fourth-order valence-corrected chi connectivity index (χ4v) is 3.46. The van der Waals surface area contributed by atoms with Crippen molar-refractivity contribution < 1.29 is 5.11 Å². The number of aliphatic hydroxyl groups excluding tert-OH is 1. The van der Waals surface area contributed by atoms with Crippen molar-refractivity contribution in [1.82, 2.24) is 14.9 Å². The molecule has 3 rings (SSSR count). The monoisotopic (exact) mass is 273 g/mol. The molecule has 2 aromatic rings. The first-order chi connectivity index (χ1) is 9.71. The Morgan fingerprint density at radius 3 is 2.85 bits per heavy atom. The summed E-state index contributed by atoms with van der Waals surface area (Å²) >= 11 is 0. The van der Waals surface area contributed by atoms with Crippen molar-refractivity contribution in [3.05, 3.63) is 30.1 Å². The lowest BCUT2D eigenvalue weighted by atomic mass is 9.86. The van der Waals surface area contributed by atoms with Crippen LogP contribution in [-0.4, -0.2) is 40.2 Å². The van der Waals surface area contributed by atoms with Crippen molar-refractivity contribution in [1.29, 1.82) is 0 Å². The van der Waals surface area contributed by atoms with Crippen molar-refractivity contribution >= 4 is 11.0 Å².